The summed E-state index contributed by atoms with van der Waals surface area (Å²) < 4.78 is 5.17. The number of carbonyl (C=O) groups is 1. The molecule has 1 N–H and O–H groups in total. The molecule has 15 heavy (non-hydrogen) atoms. The van der Waals surface area contributed by atoms with E-state index in [2.05, 4.69) is 16.2 Å². The normalized spacial score (nSPS) is 9.67. The SMILES string of the molecule is C#CCCCNC(=O)c1oc(C)nc1C. The second kappa shape index (κ2) is 5.20. The first-order valence-electron chi connectivity index (χ1n) is 4.81. The quantitative estimate of drug-likeness (QED) is 0.599. The fraction of sp³-hybridized carbons (Fsp3) is 0.455. The molecule has 0 saturated carbocycles. The van der Waals surface area contributed by atoms with Crippen LogP contribution in [0.15, 0.2) is 4.42 Å². The summed E-state index contributed by atoms with van der Waals surface area (Å²) >= 11 is 0. The van der Waals surface area contributed by atoms with Crippen LogP contribution in [0.2, 0.25) is 0 Å². The molecule has 0 aromatic carbocycles. The smallest absolute Gasteiger partial charge is 0.289 e. The molecule has 0 saturated heterocycles. The molecule has 1 aromatic rings. The Bertz CT molecular complexity index is 388. The number of aromatic nitrogens is 1. The van der Waals surface area contributed by atoms with Crippen molar-refractivity contribution < 1.29 is 9.21 Å². The lowest BCUT2D eigenvalue weighted by Crippen LogP contribution is -2.24. The molecule has 4 heteroatoms. The average molecular weight is 206 g/mol. The molecule has 1 aromatic heterocycles. The van der Waals surface area contributed by atoms with Gasteiger partial charge in [-0.15, -0.1) is 12.3 Å². The molecule has 1 heterocycles. The lowest BCUT2D eigenvalue weighted by atomic mass is 10.3. The van der Waals surface area contributed by atoms with Crippen molar-refractivity contribution in [3.05, 3.63) is 17.3 Å². The second-order valence-corrected chi connectivity index (χ2v) is 3.21. The number of nitrogens with one attached hydrogen (secondary N) is 1. The number of carbonyl (C=O) groups excluding carboxylic acids is 1. The highest BCUT2D eigenvalue weighted by atomic mass is 16.4. The summed E-state index contributed by atoms with van der Waals surface area (Å²) in [6.07, 6.45) is 6.53. The minimum atomic E-state index is -0.231. The zero-order valence-electron chi connectivity index (χ0n) is 8.96. The predicted molar refractivity (Wildman–Crippen MR) is 56.4 cm³/mol. The van der Waals surface area contributed by atoms with Crippen molar-refractivity contribution in [3.8, 4) is 12.3 Å². The minimum absolute atomic E-state index is 0.231. The van der Waals surface area contributed by atoms with Crippen LogP contribution in [0.5, 0.6) is 0 Å². The highest BCUT2D eigenvalue weighted by Gasteiger charge is 2.14. The summed E-state index contributed by atoms with van der Waals surface area (Å²) in [4.78, 5) is 15.6. The summed E-state index contributed by atoms with van der Waals surface area (Å²) in [5.41, 5.74) is 0.613. The number of hydrogen-bond donors (Lipinski definition) is 1. The molecule has 0 atom stereocenters. The van der Waals surface area contributed by atoms with Gasteiger partial charge in [-0.25, -0.2) is 4.98 Å². The van der Waals surface area contributed by atoms with E-state index in [1.807, 2.05) is 0 Å². The monoisotopic (exact) mass is 206 g/mol. The van der Waals surface area contributed by atoms with E-state index in [4.69, 9.17) is 10.8 Å². The van der Waals surface area contributed by atoms with Crippen molar-refractivity contribution in [2.24, 2.45) is 0 Å². The van der Waals surface area contributed by atoms with Crippen molar-refractivity contribution in [1.82, 2.24) is 10.3 Å². The summed E-state index contributed by atoms with van der Waals surface area (Å²) in [5, 5.41) is 2.72. The van der Waals surface area contributed by atoms with E-state index in [9.17, 15) is 4.79 Å². The fourth-order valence-corrected chi connectivity index (χ4v) is 1.21. The summed E-state index contributed by atoms with van der Waals surface area (Å²) in [5.74, 6) is 3.06. The number of terminal acetylenes is 1. The molecule has 0 bridgehead atoms. The average Bonchev–Trinajstić information content (AvgIpc) is 2.52. The number of rotatable bonds is 4. The lowest BCUT2D eigenvalue weighted by Gasteiger charge is -2.00. The first-order chi connectivity index (χ1) is 7.15. The maximum Gasteiger partial charge on any atom is 0.289 e. The molecule has 0 aliphatic rings. The largest absolute Gasteiger partial charge is 0.436 e. The van der Waals surface area contributed by atoms with E-state index < -0.39 is 0 Å². The number of amides is 1. The molecular formula is C11H14N2O2. The number of nitrogens with zero attached hydrogens (tertiary/aromatic N) is 1. The third-order valence-corrected chi connectivity index (χ3v) is 1.89. The molecule has 1 amide bonds. The van der Waals surface area contributed by atoms with Crippen LogP contribution in [0.3, 0.4) is 0 Å². The fourth-order valence-electron chi connectivity index (χ4n) is 1.21. The van der Waals surface area contributed by atoms with Gasteiger partial charge < -0.3 is 9.73 Å². The van der Waals surface area contributed by atoms with E-state index in [1.54, 1.807) is 13.8 Å². The maximum absolute atomic E-state index is 11.5. The lowest BCUT2D eigenvalue weighted by molar-refractivity contribution is 0.0923. The van der Waals surface area contributed by atoms with Gasteiger partial charge in [0, 0.05) is 19.9 Å². The molecule has 0 aliphatic carbocycles. The van der Waals surface area contributed by atoms with E-state index in [1.165, 1.54) is 0 Å². The predicted octanol–water partition coefficient (Wildman–Crippen LogP) is 1.43. The van der Waals surface area contributed by atoms with Crippen molar-refractivity contribution in [3.63, 3.8) is 0 Å². The third kappa shape index (κ3) is 3.13. The molecule has 0 spiro atoms. The van der Waals surface area contributed by atoms with Crippen LogP contribution in [0.1, 0.15) is 35.0 Å². The van der Waals surface area contributed by atoms with Crippen molar-refractivity contribution >= 4 is 5.91 Å². The Labute approximate surface area is 89.1 Å². The van der Waals surface area contributed by atoms with Crippen molar-refractivity contribution in [2.45, 2.75) is 26.7 Å². The van der Waals surface area contributed by atoms with Gasteiger partial charge in [0.2, 0.25) is 5.76 Å². The summed E-state index contributed by atoms with van der Waals surface area (Å²) in [6.45, 7) is 4.01. The zero-order chi connectivity index (χ0) is 11.3. The standard InChI is InChI=1S/C11H14N2O2/c1-4-5-6-7-12-11(14)10-8(2)13-9(3)15-10/h1H,5-7H2,2-3H3,(H,12,14). The van der Waals surface area contributed by atoms with Crippen LogP contribution < -0.4 is 5.32 Å². The van der Waals surface area contributed by atoms with E-state index >= 15 is 0 Å². The number of aryl methyl sites for hydroxylation is 2. The maximum atomic E-state index is 11.5. The van der Waals surface area contributed by atoms with Gasteiger partial charge in [-0.3, -0.25) is 4.79 Å². The molecule has 0 unspecified atom stereocenters. The van der Waals surface area contributed by atoms with Crippen LogP contribution in [0, 0.1) is 26.2 Å². The Morgan fingerprint density at radius 2 is 2.33 bits per heavy atom. The van der Waals surface area contributed by atoms with Gasteiger partial charge >= 0.3 is 0 Å². The van der Waals surface area contributed by atoms with Crippen LogP contribution in [0.4, 0.5) is 0 Å². The van der Waals surface area contributed by atoms with E-state index in [-0.39, 0.29) is 11.7 Å². The zero-order valence-corrected chi connectivity index (χ0v) is 8.96. The highest BCUT2D eigenvalue weighted by Crippen LogP contribution is 2.08. The van der Waals surface area contributed by atoms with E-state index in [0.29, 0.717) is 24.6 Å². The van der Waals surface area contributed by atoms with Crippen molar-refractivity contribution in [2.75, 3.05) is 6.54 Å². The number of oxazole rings is 1. The number of unbranched alkanes of at least 4 members (excludes halogenated alkanes) is 1. The van der Waals surface area contributed by atoms with Crippen LogP contribution in [-0.2, 0) is 0 Å². The Hall–Kier alpha value is -1.76. The van der Waals surface area contributed by atoms with Gasteiger partial charge in [0.1, 0.15) is 0 Å². The van der Waals surface area contributed by atoms with Gasteiger partial charge in [0.15, 0.2) is 5.89 Å². The Morgan fingerprint density at radius 1 is 1.60 bits per heavy atom. The Balaban J connectivity index is 2.48. The van der Waals surface area contributed by atoms with Gasteiger partial charge in [-0.05, 0) is 13.3 Å². The molecule has 0 aliphatic heterocycles. The molecular weight excluding hydrogens is 192 g/mol. The minimum Gasteiger partial charge on any atom is -0.436 e. The van der Waals surface area contributed by atoms with Crippen LogP contribution in [0.25, 0.3) is 0 Å². The molecule has 4 nitrogen and oxygen atoms in total. The molecule has 0 fully saturated rings. The van der Waals surface area contributed by atoms with Crippen LogP contribution in [-0.4, -0.2) is 17.4 Å². The summed E-state index contributed by atoms with van der Waals surface area (Å²) in [6, 6.07) is 0. The first-order valence-corrected chi connectivity index (χ1v) is 4.81. The molecule has 1 rings (SSSR count). The third-order valence-electron chi connectivity index (χ3n) is 1.89. The van der Waals surface area contributed by atoms with Crippen LogP contribution >= 0.6 is 0 Å². The van der Waals surface area contributed by atoms with E-state index in [0.717, 1.165) is 6.42 Å². The molecule has 0 radical (unpaired) electrons. The highest BCUT2D eigenvalue weighted by molar-refractivity contribution is 5.92. The van der Waals surface area contributed by atoms with Gasteiger partial charge in [-0.1, -0.05) is 0 Å². The van der Waals surface area contributed by atoms with Gasteiger partial charge in [0.05, 0.1) is 5.69 Å². The first kappa shape index (κ1) is 11.3. The Kier molecular flexibility index (Phi) is 3.92. The van der Waals surface area contributed by atoms with Gasteiger partial charge in [0.25, 0.3) is 5.91 Å². The second-order valence-electron chi connectivity index (χ2n) is 3.21. The topological polar surface area (TPSA) is 55.1 Å². The Morgan fingerprint density at radius 3 is 2.87 bits per heavy atom. The van der Waals surface area contributed by atoms with Gasteiger partial charge in [-0.2, -0.15) is 0 Å². The summed E-state index contributed by atoms with van der Waals surface area (Å²) in [7, 11) is 0. The van der Waals surface area contributed by atoms with Crippen molar-refractivity contribution in [1.29, 1.82) is 0 Å². The number of hydrogen-bond acceptors (Lipinski definition) is 3. The molecule has 80 valence electrons.